The molecule has 3 heteroatoms. The first-order chi connectivity index (χ1) is 12.1. The van der Waals surface area contributed by atoms with E-state index in [1.165, 1.54) is 12.0 Å². The van der Waals surface area contributed by atoms with Gasteiger partial charge < -0.3 is 9.84 Å². The van der Waals surface area contributed by atoms with Crippen molar-refractivity contribution >= 4 is 11.5 Å². The largest absolute Gasteiger partial charge is 0.507 e. The van der Waals surface area contributed by atoms with Crippen molar-refractivity contribution in [3.8, 4) is 16.9 Å². The lowest BCUT2D eigenvalue weighted by molar-refractivity contribution is -0.146. The van der Waals surface area contributed by atoms with Gasteiger partial charge in [-0.3, -0.25) is 0 Å². The zero-order valence-corrected chi connectivity index (χ0v) is 14.4. The van der Waals surface area contributed by atoms with E-state index >= 15 is 0 Å². The van der Waals surface area contributed by atoms with Crippen molar-refractivity contribution in [2.45, 2.75) is 44.6 Å². The molecule has 1 N–H and O–H groups in total. The number of hydrogen-bond acceptors (Lipinski definition) is 3. The van der Waals surface area contributed by atoms with Crippen LogP contribution in [0.4, 0.5) is 0 Å². The molecule has 0 radical (unpaired) electrons. The number of esters is 1. The minimum Gasteiger partial charge on any atom is -0.507 e. The fraction of sp³-hybridized carbons (Fsp3) is 0.318. The number of phenols is 1. The van der Waals surface area contributed by atoms with Crippen LogP contribution in [-0.4, -0.2) is 16.7 Å². The Morgan fingerprint density at radius 2 is 1.64 bits per heavy atom. The molecular weight excluding hydrogens is 312 g/mol. The summed E-state index contributed by atoms with van der Waals surface area (Å²) in [6.07, 6.45) is 7.16. The number of ether oxygens (including phenoxy) is 1. The normalized spacial score (nSPS) is 18.9. The maximum absolute atomic E-state index is 12.4. The lowest BCUT2D eigenvalue weighted by Gasteiger charge is -2.30. The molecule has 0 atom stereocenters. The molecule has 1 heterocycles. The standard InChI is InChI=1S/C22H22O3/c1-15-5-7-16(8-6-15)18-10-9-17(13-20(18)23)19-14-22(25-21(19)24)11-3-2-4-12-22/h5-10,13-14,23H,2-4,11-12H2,1H3. The van der Waals surface area contributed by atoms with Crippen LogP contribution in [0.1, 0.15) is 43.2 Å². The van der Waals surface area contributed by atoms with Crippen LogP contribution in [-0.2, 0) is 9.53 Å². The Kier molecular flexibility index (Phi) is 3.87. The van der Waals surface area contributed by atoms with Crippen LogP contribution in [0.5, 0.6) is 5.75 Å². The molecule has 3 nitrogen and oxygen atoms in total. The highest BCUT2D eigenvalue weighted by atomic mass is 16.6. The average molecular weight is 334 g/mol. The zero-order chi connectivity index (χ0) is 17.4. The molecule has 1 saturated carbocycles. The van der Waals surface area contributed by atoms with Gasteiger partial charge in [0, 0.05) is 5.56 Å². The summed E-state index contributed by atoms with van der Waals surface area (Å²) >= 11 is 0. The van der Waals surface area contributed by atoms with Crippen molar-refractivity contribution < 1.29 is 14.6 Å². The molecule has 1 spiro atoms. The van der Waals surface area contributed by atoms with Gasteiger partial charge in [0.1, 0.15) is 11.4 Å². The van der Waals surface area contributed by atoms with Gasteiger partial charge in [-0.2, -0.15) is 0 Å². The van der Waals surface area contributed by atoms with Crippen molar-refractivity contribution in [1.82, 2.24) is 0 Å². The monoisotopic (exact) mass is 334 g/mol. The Bertz CT molecular complexity index is 840. The highest BCUT2D eigenvalue weighted by Gasteiger charge is 2.41. The number of phenolic OH excluding ortho intramolecular Hbond substituents is 1. The lowest BCUT2D eigenvalue weighted by atomic mass is 9.84. The van der Waals surface area contributed by atoms with Gasteiger partial charge in [0.2, 0.25) is 0 Å². The Morgan fingerprint density at radius 1 is 0.960 bits per heavy atom. The molecule has 25 heavy (non-hydrogen) atoms. The second-order valence-corrected chi connectivity index (χ2v) is 7.17. The van der Waals surface area contributed by atoms with E-state index in [-0.39, 0.29) is 11.7 Å². The van der Waals surface area contributed by atoms with E-state index in [9.17, 15) is 9.90 Å². The molecule has 0 unspecified atom stereocenters. The van der Waals surface area contributed by atoms with Crippen LogP contribution in [0.2, 0.25) is 0 Å². The molecule has 0 saturated heterocycles. The van der Waals surface area contributed by atoms with Crippen LogP contribution < -0.4 is 0 Å². The van der Waals surface area contributed by atoms with Crippen LogP contribution in [0.15, 0.2) is 48.5 Å². The number of aromatic hydroxyl groups is 1. The summed E-state index contributed by atoms with van der Waals surface area (Å²) in [5, 5.41) is 10.5. The topological polar surface area (TPSA) is 46.5 Å². The predicted octanol–water partition coefficient (Wildman–Crippen LogP) is 5.01. The number of carbonyl (C=O) groups excluding carboxylic acids is 1. The van der Waals surface area contributed by atoms with Crippen LogP contribution >= 0.6 is 0 Å². The van der Waals surface area contributed by atoms with Crippen LogP contribution in [0.3, 0.4) is 0 Å². The van der Waals surface area contributed by atoms with Crippen molar-refractivity contribution in [3.05, 3.63) is 59.7 Å². The smallest absolute Gasteiger partial charge is 0.339 e. The maximum atomic E-state index is 12.4. The second-order valence-electron chi connectivity index (χ2n) is 7.17. The molecule has 4 rings (SSSR count). The summed E-state index contributed by atoms with van der Waals surface area (Å²) in [6.45, 7) is 2.03. The van der Waals surface area contributed by atoms with E-state index in [0.717, 1.165) is 42.4 Å². The Hall–Kier alpha value is -2.55. The highest BCUT2D eigenvalue weighted by Crippen LogP contribution is 2.42. The first-order valence-corrected chi connectivity index (χ1v) is 8.93. The Balaban J connectivity index is 1.67. The summed E-state index contributed by atoms with van der Waals surface area (Å²) < 4.78 is 5.71. The summed E-state index contributed by atoms with van der Waals surface area (Å²) in [5.41, 5.74) is 3.78. The second kappa shape index (κ2) is 6.07. The number of hydrogen-bond donors (Lipinski definition) is 1. The fourth-order valence-electron chi connectivity index (χ4n) is 3.87. The van der Waals surface area contributed by atoms with Crippen LogP contribution in [0, 0.1) is 6.92 Å². The highest BCUT2D eigenvalue weighted by molar-refractivity contribution is 6.19. The Labute approximate surface area is 148 Å². The molecule has 0 bridgehead atoms. The van der Waals surface area contributed by atoms with E-state index < -0.39 is 5.60 Å². The molecule has 0 aromatic heterocycles. The third-order valence-corrected chi connectivity index (χ3v) is 5.29. The van der Waals surface area contributed by atoms with Gasteiger partial charge in [-0.15, -0.1) is 0 Å². The minimum absolute atomic E-state index is 0.180. The SMILES string of the molecule is Cc1ccc(-c2ccc(C3=CC4(CCCCC4)OC3=O)cc2O)cc1. The van der Waals surface area contributed by atoms with E-state index in [1.807, 2.05) is 49.4 Å². The summed E-state index contributed by atoms with van der Waals surface area (Å²) in [4.78, 5) is 12.4. The van der Waals surface area contributed by atoms with Crippen LogP contribution in [0.25, 0.3) is 16.7 Å². The van der Waals surface area contributed by atoms with Gasteiger partial charge >= 0.3 is 5.97 Å². The first-order valence-electron chi connectivity index (χ1n) is 8.93. The van der Waals surface area contributed by atoms with Gasteiger partial charge in [-0.25, -0.2) is 4.79 Å². The van der Waals surface area contributed by atoms with E-state index in [4.69, 9.17) is 4.74 Å². The average Bonchev–Trinajstić information content (AvgIpc) is 2.92. The zero-order valence-electron chi connectivity index (χ0n) is 14.4. The van der Waals surface area contributed by atoms with Gasteiger partial charge in [-0.05, 0) is 55.9 Å². The fourth-order valence-corrected chi connectivity index (χ4v) is 3.87. The van der Waals surface area contributed by atoms with Gasteiger partial charge in [-0.1, -0.05) is 48.4 Å². The molecule has 1 aliphatic heterocycles. The third kappa shape index (κ3) is 2.95. The number of benzene rings is 2. The quantitative estimate of drug-likeness (QED) is 0.785. The number of carbonyl (C=O) groups is 1. The van der Waals surface area contributed by atoms with E-state index in [1.54, 1.807) is 6.07 Å². The number of aryl methyl sites for hydroxylation is 1. The molecule has 0 amide bonds. The van der Waals surface area contributed by atoms with Gasteiger partial charge in [0.25, 0.3) is 0 Å². The van der Waals surface area contributed by atoms with E-state index in [0.29, 0.717) is 5.57 Å². The molecule has 2 aromatic rings. The summed E-state index contributed by atoms with van der Waals surface area (Å²) in [5.74, 6) is -0.0935. The summed E-state index contributed by atoms with van der Waals surface area (Å²) in [6, 6.07) is 13.5. The Morgan fingerprint density at radius 3 is 2.32 bits per heavy atom. The molecule has 1 aliphatic carbocycles. The molecule has 128 valence electrons. The lowest BCUT2D eigenvalue weighted by Crippen LogP contribution is -2.30. The van der Waals surface area contributed by atoms with E-state index in [2.05, 4.69) is 0 Å². The van der Waals surface area contributed by atoms with Gasteiger partial charge in [0.05, 0.1) is 5.57 Å². The summed E-state index contributed by atoms with van der Waals surface area (Å²) in [7, 11) is 0. The molecule has 1 fully saturated rings. The molecule has 2 aromatic carbocycles. The van der Waals surface area contributed by atoms with Gasteiger partial charge in [0.15, 0.2) is 0 Å². The van der Waals surface area contributed by atoms with Crippen molar-refractivity contribution in [2.75, 3.05) is 0 Å². The molecular formula is C22H22O3. The maximum Gasteiger partial charge on any atom is 0.339 e. The molecule has 2 aliphatic rings. The predicted molar refractivity (Wildman–Crippen MR) is 98.2 cm³/mol. The first kappa shape index (κ1) is 15.9. The number of rotatable bonds is 2. The minimum atomic E-state index is -0.421. The van der Waals surface area contributed by atoms with Crippen molar-refractivity contribution in [1.29, 1.82) is 0 Å². The van der Waals surface area contributed by atoms with Crippen molar-refractivity contribution in [2.24, 2.45) is 0 Å². The third-order valence-electron chi connectivity index (χ3n) is 5.29. The van der Waals surface area contributed by atoms with Crippen molar-refractivity contribution in [3.63, 3.8) is 0 Å².